The molecule has 1 fully saturated rings. The van der Waals surface area contributed by atoms with Gasteiger partial charge in [-0.1, -0.05) is 24.3 Å². The van der Waals surface area contributed by atoms with Crippen LogP contribution in [-0.4, -0.2) is 17.7 Å². The minimum atomic E-state index is -1.26. The lowest BCUT2D eigenvalue weighted by Gasteiger charge is -2.29. The van der Waals surface area contributed by atoms with Gasteiger partial charge in [0.1, 0.15) is 23.7 Å². The van der Waals surface area contributed by atoms with Gasteiger partial charge < -0.3 is 14.2 Å². The quantitative estimate of drug-likeness (QED) is 0.476. The molecule has 1 heterocycles. The molecular formula is C20H17FO5. The molecular weight excluding hydrogens is 339 g/mol. The summed E-state index contributed by atoms with van der Waals surface area (Å²) in [6, 6.07) is 12.9. The van der Waals surface area contributed by atoms with Crippen molar-refractivity contribution >= 4 is 18.0 Å². The highest BCUT2D eigenvalue weighted by molar-refractivity contribution is 6.18. The number of hydrogen-bond acceptors (Lipinski definition) is 5. The third kappa shape index (κ3) is 4.27. The molecule has 0 N–H and O–H groups in total. The van der Waals surface area contributed by atoms with Crippen molar-refractivity contribution in [2.24, 2.45) is 0 Å². The van der Waals surface area contributed by atoms with Crippen LogP contribution in [0.1, 0.15) is 25.0 Å². The average molecular weight is 356 g/mol. The summed E-state index contributed by atoms with van der Waals surface area (Å²) in [7, 11) is 0. The second kappa shape index (κ2) is 7.00. The number of cyclic esters (lactones) is 2. The van der Waals surface area contributed by atoms with Crippen molar-refractivity contribution in [2.75, 3.05) is 0 Å². The molecule has 0 amide bonds. The second-order valence-electron chi connectivity index (χ2n) is 6.22. The molecule has 3 rings (SSSR count). The van der Waals surface area contributed by atoms with Gasteiger partial charge in [0.05, 0.1) is 0 Å². The fourth-order valence-electron chi connectivity index (χ4n) is 2.35. The summed E-state index contributed by atoms with van der Waals surface area (Å²) < 4.78 is 28.5. The Bertz CT molecular complexity index is 829. The molecule has 5 nitrogen and oxygen atoms in total. The van der Waals surface area contributed by atoms with E-state index >= 15 is 0 Å². The minimum Gasteiger partial charge on any atom is -0.489 e. The summed E-state index contributed by atoms with van der Waals surface area (Å²) in [6.45, 7) is 3.30. The largest absolute Gasteiger partial charge is 0.489 e. The van der Waals surface area contributed by atoms with Crippen LogP contribution in [-0.2, 0) is 25.7 Å². The number of esters is 2. The molecule has 134 valence electrons. The molecule has 1 aliphatic heterocycles. The fraction of sp³-hybridized carbons (Fsp3) is 0.200. The van der Waals surface area contributed by atoms with E-state index < -0.39 is 17.7 Å². The molecule has 26 heavy (non-hydrogen) atoms. The van der Waals surface area contributed by atoms with Gasteiger partial charge in [0.2, 0.25) is 0 Å². The van der Waals surface area contributed by atoms with Gasteiger partial charge >= 0.3 is 11.9 Å². The Hall–Kier alpha value is -3.15. The number of hydrogen-bond donors (Lipinski definition) is 0. The first-order chi connectivity index (χ1) is 12.3. The van der Waals surface area contributed by atoms with E-state index in [4.69, 9.17) is 14.2 Å². The monoisotopic (exact) mass is 356 g/mol. The molecule has 1 saturated heterocycles. The van der Waals surface area contributed by atoms with Crippen molar-refractivity contribution in [1.29, 1.82) is 0 Å². The van der Waals surface area contributed by atoms with Crippen LogP contribution in [0.4, 0.5) is 4.39 Å². The number of halogens is 1. The second-order valence-corrected chi connectivity index (χ2v) is 6.22. The van der Waals surface area contributed by atoms with Gasteiger partial charge in [-0.3, -0.25) is 0 Å². The van der Waals surface area contributed by atoms with Crippen LogP contribution in [0.5, 0.6) is 5.75 Å². The fourth-order valence-corrected chi connectivity index (χ4v) is 2.35. The Morgan fingerprint density at radius 3 is 2.12 bits per heavy atom. The standard InChI is InChI=1S/C20H17FO5/c1-20(2)25-18(22)17(19(23)26-20)11-13-3-5-14(6-4-13)12-24-16-9-7-15(21)8-10-16/h3-11H,12H2,1-2H3. The Balaban J connectivity index is 1.66. The van der Waals surface area contributed by atoms with Gasteiger partial charge in [-0.05, 0) is 41.5 Å². The van der Waals surface area contributed by atoms with Crippen molar-refractivity contribution in [2.45, 2.75) is 26.2 Å². The SMILES string of the molecule is CC1(C)OC(=O)C(=Cc2ccc(COc3ccc(F)cc3)cc2)C(=O)O1. The Morgan fingerprint density at radius 2 is 1.54 bits per heavy atom. The third-order valence-corrected chi connectivity index (χ3v) is 3.63. The molecule has 2 aromatic rings. The maximum Gasteiger partial charge on any atom is 0.348 e. The van der Waals surface area contributed by atoms with E-state index in [0.29, 0.717) is 17.9 Å². The van der Waals surface area contributed by atoms with Gasteiger partial charge in [0.25, 0.3) is 5.79 Å². The normalized spacial score (nSPS) is 15.9. The maximum atomic E-state index is 12.9. The summed E-state index contributed by atoms with van der Waals surface area (Å²) >= 11 is 0. The average Bonchev–Trinajstić information content (AvgIpc) is 2.58. The zero-order chi connectivity index (χ0) is 18.7. The molecule has 1 aliphatic rings. The van der Waals surface area contributed by atoms with E-state index in [9.17, 15) is 14.0 Å². The summed E-state index contributed by atoms with van der Waals surface area (Å²) in [5, 5.41) is 0. The van der Waals surface area contributed by atoms with E-state index in [1.807, 2.05) is 0 Å². The lowest BCUT2D eigenvalue weighted by molar-refractivity contribution is -0.222. The van der Waals surface area contributed by atoms with Gasteiger partial charge in [0, 0.05) is 13.8 Å². The lowest BCUT2D eigenvalue weighted by Crippen LogP contribution is -2.41. The maximum absolute atomic E-state index is 12.9. The topological polar surface area (TPSA) is 61.8 Å². The number of rotatable bonds is 4. The van der Waals surface area contributed by atoms with Crippen LogP contribution in [0, 0.1) is 5.82 Å². The van der Waals surface area contributed by atoms with Crippen LogP contribution in [0.25, 0.3) is 6.08 Å². The smallest absolute Gasteiger partial charge is 0.348 e. The molecule has 0 radical (unpaired) electrons. The summed E-state index contributed by atoms with van der Waals surface area (Å²) in [6.07, 6.45) is 1.42. The predicted molar refractivity (Wildman–Crippen MR) is 91.4 cm³/mol. The minimum absolute atomic E-state index is 0.153. The molecule has 0 aromatic heterocycles. The molecule has 2 aromatic carbocycles. The van der Waals surface area contributed by atoms with Crippen LogP contribution < -0.4 is 4.74 Å². The van der Waals surface area contributed by atoms with Gasteiger partial charge in [0.15, 0.2) is 0 Å². The lowest BCUT2D eigenvalue weighted by atomic mass is 10.1. The first-order valence-corrected chi connectivity index (χ1v) is 7.98. The molecule has 0 saturated carbocycles. The molecule has 0 atom stereocenters. The highest BCUT2D eigenvalue weighted by Gasteiger charge is 2.38. The first-order valence-electron chi connectivity index (χ1n) is 7.98. The van der Waals surface area contributed by atoms with Gasteiger partial charge in [-0.25, -0.2) is 14.0 Å². The van der Waals surface area contributed by atoms with Gasteiger partial charge in [-0.15, -0.1) is 0 Å². The highest BCUT2D eigenvalue weighted by Crippen LogP contribution is 2.24. The Labute approximate surface area is 150 Å². The van der Waals surface area contributed by atoms with E-state index in [-0.39, 0.29) is 11.4 Å². The molecule has 6 heteroatoms. The zero-order valence-corrected chi connectivity index (χ0v) is 14.3. The van der Waals surface area contributed by atoms with E-state index in [1.54, 1.807) is 36.4 Å². The van der Waals surface area contributed by atoms with Crippen LogP contribution in [0.2, 0.25) is 0 Å². The number of benzene rings is 2. The number of carbonyl (C=O) groups excluding carboxylic acids is 2. The van der Waals surface area contributed by atoms with Crippen molar-refractivity contribution in [1.82, 2.24) is 0 Å². The summed E-state index contributed by atoms with van der Waals surface area (Å²) in [5.41, 5.74) is 1.38. The molecule has 0 aliphatic carbocycles. The van der Waals surface area contributed by atoms with E-state index in [2.05, 4.69) is 0 Å². The highest BCUT2D eigenvalue weighted by atomic mass is 19.1. The Morgan fingerprint density at radius 1 is 0.962 bits per heavy atom. The molecule has 0 unspecified atom stereocenters. The van der Waals surface area contributed by atoms with Crippen molar-refractivity contribution in [3.63, 3.8) is 0 Å². The first kappa shape index (κ1) is 17.7. The van der Waals surface area contributed by atoms with Crippen molar-refractivity contribution in [3.8, 4) is 5.75 Å². The van der Waals surface area contributed by atoms with Crippen LogP contribution in [0.3, 0.4) is 0 Å². The zero-order valence-electron chi connectivity index (χ0n) is 14.3. The number of carbonyl (C=O) groups is 2. The Kier molecular flexibility index (Phi) is 4.75. The van der Waals surface area contributed by atoms with E-state index in [1.165, 1.54) is 32.1 Å². The molecule has 0 spiro atoms. The predicted octanol–water partition coefficient (Wildman–Crippen LogP) is 3.62. The third-order valence-electron chi connectivity index (χ3n) is 3.63. The van der Waals surface area contributed by atoms with Crippen LogP contribution in [0.15, 0.2) is 54.1 Å². The summed E-state index contributed by atoms with van der Waals surface area (Å²) in [4.78, 5) is 23.9. The molecule has 0 bridgehead atoms. The van der Waals surface area contributed by atoms with E-state index in [0.717, 1.165) is 5.56 Å². The van der Waals surface area contributed by atoms with Gasteiger partial charge in [-0.2, -0.15) is 0 Å². The number of ether oxygens (including phenoxy) is 3. The van der Waals surface area contributed by atoms with Crippen molar-refractivity contribution in [3.05, 3.63) is 71.0 Å². The van der Waals surface area contributed by atoms with Crippen LogP contribution >= 0.6 is 0 Å². The summed E-state index contributed by atoms with van der Waals surface area (Å²) in [5.74, 6) is -2.44. The van der Waals surface area contributed by atoms with Crippen molar-refractivity contribution < 1.29 is 28.2 Å².